The van der Waals surface area contributed by atoms with Gasteiger partial charge in [-0.05, 0) is 37.0 Å². The predicted octanol–water partition coefficient (Wildman–Crippen LogP) is 3.56. The van der Waals surface area contributed by atoms with Gasteiger partial charge in [-0.3, -0.25) is 9.78 Å². The molecule has 1 aromatic carbocycles. The summed E-state index contributed by atoms with van der Waals surface area (Å²) >= 11 is 6.08. The van der Waals surface area contributed by atoms with Gasteiger partial charge < -0.3 is 14.4 Å². The Morgan fingerprint density at radius 1 is 1.28 bits per heavy atom. The third-order valence-corrected chi connectivity index (χ3v) is 5.62. The molecule has 29 heavy (non-hydrogen) atoms. The van der Waals surface area contributed by atoms with E-state index >= 15 is 0 Å². The number of amides is 1. The minimum Gasteiger partial charge on any atom is -0.492 e. The average molecular weight is 415 g/mol. The Kier molecular flexibility index (Phi) is 5.58. The number of fused-ring (bicyclic) bond motifs is 1. The van der Waals surface area contributed by atoms with E-state index in [9.17, 15) is 4.79 Å². The molecule has 1 amide bonds. The van der Waals surface area contributed by atoms with Crippen LogP contribution in [0.4, 0.5) is 0 Å². The third-order valence-electron chi connectivity index (χ3n) is 5.33. The highest BCUT2D eigenvalue weighted by molar-refractivity contribution is 6.31. The number of ether oxygens (including phenoxy) is 2. The third kappa shape index (κ3) is 4.00. The van der Waals surface area contributed by atoms with Crippen molar-refractivity contribution in [1.29, 1.82) is 0 Å². The van der Waals surface area contributed by atoms with Crippen LogP contribution < -0.4 is 9.47 Å². The van der Waals surface area contributed by atoms with E-state index in [1.165, 1.54) is 0 Å². The number of methoxy groups -OCH3 is 1. The van der Waals surface area contributed by atoms with E-state index in [-0.39, 0.29) is 5.91 Å². The number of pyridine rings is 1. The minimum absolute atomic E-state index is 0.0352. The fourth-order valence-electron chi connectivity index (χ4n) is 3.72. The molecule has 1 saturated heterocycles. The van der Waals surface area contributed by atoms with Crippen molar-refractivity contribution < 1.29 is 14.3 Å². The van der Waals surface area contributed by atoms with Crippen molar-refractivity contribution in [1.82, 2.24) is 19.7 Å². The number of aryl methyl sites for hydroxylation is 1. The predicted molar refractivity (Wildman–Crippen MR) is 111 cm³/mol. The molecule has 1 aliphatic rings. The molecule has 152 valence electrons. The van der Waals surface area contributed by atoms with Gasteiger partial charge in [0.1, 0.15) is 10.8 Å². The van der Waals surface area contributed by atoms with E-state index < -0.39 is 0 Å². The zero-order valence-corrected chi connectivity index (χ0v) is 17.2. The van der Waals surface area contributed by atoms with E-state index in [0.29, 0.717) is 47.8 Å². The first-order valence-electron chi connectivity index (χ1n) is 9.59. The number of nitrogens with zero attached hydrogens (tertiary/aromatic N) is 4. The highest BCUT2D eigenvalue weighted by Crippen LogP contribution is 2.27. The lowest BCUT2D eigenvalue weighted by atomic mass is 9.97. The van der Waals surface area contributed by atoms with Crippen molar-refractivity contribution in [2.75, 3.05) is 26.8 Å². The Morgan fingerprint density at radius 2 is 2.07 bits per heavy atom. The molecular weight excluding hydrogens is 392 g/mol. The van der Waals surface area contributed by atoms with Crippen LogP contribution >= 0.6 is 11.6 Å². The van der Waals surface area contributed by atoms with Gasteiger partial charge in [0.25, 0.3) is 5.91 Å². The lowest BCUT2D eigenvalue weighted by Gasteiger charge is -2.32. The molecular formula is C21H23ClN4O3. The van der Waals surface area contributed by atoms with Gasteiger partial charge >= 0.3 is 0 Å². The standard InChI is InChI=1S/C21H23ClN4O3/c1-25-21(28-2)16-4-3-15(11-18(16)24-25)20(27)26-9-6-14(7-10-26)13-29-19-5-8-23-12-17(19)22/h3-5,8,11-12,14H,6-7,9-10,13H2,1-2H3. The van der Waals surface area contributed by atoms with E-state index in [4.69, 9.17) is 21.1 Å². The fraction of sp³-hybridized carbons (Fsp3) is 0.381. The summed E-state index contributed by atoms with van der Waals surface area (Å²) in [5.41, 5.74) is 1.41. The molecule has 0 bridgehead atoms. The van der Waals surface area contributed by atoms with Crippen molar-refractivity contribution in [3.05, 3.63) is 47.2 Å². The van der Waals surface area contributed by atoms with Crippen LogP contribution in [0.2, 0.25) is 5.02 Å². The Balaban J connectivity index is 1.36. The van der Waals surface area contributed by atoms with E-state index in [1.54, 1.807) is 30.3 Å². The van der Waals surface area contributed by atoms with Crippen molar-refractivity contribution in [2.45, 2.75) is 12.8 Å². The molecule has 3 heterocycles. The molecule has 0 saturated carbocycles. The smallest absolute Gasteiger partial charge is 0.253 e. The number of piperidine rings is 1. The van der Waals surface area contributed by atoms with E-state index in [2.05, 4.69) is 10.1 Å². The molecule has 4 rings (SSSR count). The van der Waals surface area contributed by atoms with Crippen molar-refractivity contribution in [3.63, 3.8) is 0 Å². The van der Waals surface area contributed by atoms with Crippen LogP contribution in [0.3, 0.4) is 0 Å². The Bertz CT molecular complexity index is 1030. The van der Waals surface area contributed by atoms with Crippen LogP contribution in [0.5, 0.6) is 11.6 Å². The minimum atomic E-state index is 0.0352. The molecule has 0 radical (unpaired) electrons. The topological polar surface area (TPSA) is 69.5 Å². The quantitative estimate of drug-likeness (QED) is 0.638. The zero-order valence-electron chi connectivity index (χ0n) is 16.5. The van der Waals surface area contributed by atoms with Gasteiger partial charge in [0.05, 0.1) is 24.6 Å². The number of rotatable bonds is 5. The molecule has 1 fully saturated rings. The monoisotopic (exact) mass is 414 g/mol. The summed E-state index contributed by atoms with van der Waals surface area (Å²) in [7, 11) is 3.44. The maximum atomic E-state index is 12.9. The molecule has 1 aliphatic heterocycles. The fourth-order valence-corrected chi connectivity index (χ4v) is 3.90. The number of hydrogen-bond acceptors (Lipinski definition) is 5. The average Bonchev–Trinajstić information content (AvgIpc) is 3.07. The number of carbonyl (C=O) groups excluding carboxylic acids is 1. The number of likely N-dealkylation sites (tertiary alicyclic amines) is 1. The largest absolute Gasteiger partial charge is 0.492 e. The molecule has 2 aromatic heterocycles. The SMILES string of the molecule is COc1c2ccc(C(=O)N3CCC(COc4ccncc4Cl)CC3)cc2nn1C. The maximum absolute atomic E-state index is 12.9. The van der Waals surface area contributed by atoms with Crippen molar-refractivity contribution in [2.24, 2.45) is 13.0 Å². The van der Waals surface area contributed by atoms with E-state index in [1.807, 2.05) is 30.1 Å². The number of carbonyl (C=O) groups is 1. The summed E-state index contributed by atoms with van der Waals surface area (Å²) in [4.78, 5) is 18.8. The summed E-state index contributed by atoms with van der Waals surface area (Å²) in [5.74, 6) is 1.77. The van der Waals surface area contributed by atoms with Crippen LogP contribution in [-0.4, -0.2) is 52.4 Å². The highest BCUT2D eigenvalue weighted by Gasteiger charge is 2.25. The van der Waals surface area contributed by atoms with E-state index in [0.717, 1.165) is 23.7 Å². The second-order valence-corrected chi connectivity index (χ2v) is 7.62. The number of aromatic nitrogens is 3. The molecule has 8 heteroatoms. The Labute approximate surface area is 174 Å². The molecule has 0 spiro atoms. The number of halogens is 1. The van der Waals surface area contributed by atoms with Gasteiger partial charge in [0, 0.05) is 44.2 Å². The summed E-state index contributed by atoms with van der Waals surface area (Å²) in [5, 5.41) is 5.85. The second kappa shape index (κ2) is 8.29. The normalized spacial score (nSPS) is 14.9. The summed E-state index contributed by atoms with van der Waals surface area (Å²) in [6.45, 7) is 2.01. The van der Waals surface area contributed by atoms with Gasteiger partial charge in [0.15, 0.2) is 0 Å². The van der Waals surface area contributed by atoms with Crippen LogP contribution in [-0.2, 0) is 7.05 Å². The van der Waals surface area contributed by atoms with Crippen LogP contribution in [0, 0.1) is 5.92 Å². The number of benzene rings is 1. The van der Waals surface area contributed by atoms with Gasteiger partial charge in [0.2, 0.25) is 5.88 Å². The first-order chi connectivity index (χ1) is 14.1. The maximum Gasteiger partial charge on any atom is 0.253 e. The summed E-state index contributed by atoms with van der Waals surface area (Å²) < 4.78 is 12.9. The van der Waals surface area contributed by atoms with Crippen molar-refractivity contribution in [3.8, 4) is 11.6 Å². The van der Waals surface area contributed by atoms with Gasteiger partial charge in [-0.2, -0.15) is 5.10 Å². The molecule has 0 unspecified atom stereocenters. The lowest BCUT2D eigenvalue weighted by Crippen LogP contribution is -2.39. The molecule has 3 aromatic rings. The van der Waals surface area contributed by atoms with Gasteiger partial charge in [-0.1, -0.05) is 11.6 Å². The first-order valence-corrected chi connectivity index (χ1v) is 9.97. The van der Waals surface area contributed by atoms with Crippen LogP contribution in [0.15, 0.2) is 36.7 Å². The first kappa shape index (κ1) is 19.5. The summed E-state index contributed by atoms with van der Waals surface area (Å²) in [6.07, 6.45) is 5.03. The highest BCUT2D eigenvalue weighted by atomic mass is 35.5. The lowest BCUT2D eigenvalue weighted by molar-refractivity contribution is 0.0661. The summed E-state index contributed by atoms with van der Waals surface area (Å²) in [6, 6.07) is 7.34. The molecule has 0 aliphatic carbocycles. The van der Waals surface area contributed by atoms with Gasteiger partial charge in [-0.25, -0.2) is 4.68 Å². The van der Waals surface area contributed by atoms with Crippen molar-refractivity contribution >= 4 is 28.4 Å². The van der Waals surface area contributed by atoms with Gasteiger partial charge in [-0.15, -0.1) is 0 Å². The molecule has 7 nitrogen and oxygen atoms in total. The zero-order chi connectivity index (χ0) is 20.4. The molecule has 0 N–H and O–H groups in total. The molecule has 0 atom stereocenters. The Hall–Kier alpha value is -2.80. The number of hydrogen-bond donors (Lipinski definition) is 0. The Morgan fingerprint density at radius 3 is 2.79 bits per heavy atom. The second-order valence-electron chi connectivity index (χ2n) is 7.22. The van der Waals surface area contributed by atoms with Crippen LogP contribution in [0.25, 0.3) is 10.9 Å². The van der Waals surface area contributed by atoms with Crippen LogP contribution in [0.1, 0.15) is 23.2 Å².